The molecule has 2 aliphatic rings. The topological polar surface area (TPSA) is 91.0 Å². The summed E-state index contributed by atoms with van der Waals surface area (Å²) in [4.78, 5) is 14.5. The summed E-state index contributed by atoms with van der Waals surface area (Å²) in [7, 11) is 0. The van der Waals surface area contributed by atoms with Gasteiger partial charge in [-0.25, -0.2) is 0 Å². The molecule has 1 aromatic rings. The summed E-state index contributed by atoms with van der Waals surface area (Å²) in [5.74, 6) is 2.14. The molecule has 3 rings (SSSR count). The minimum atomic E-state index is -0.345. The van der Waals surface area contributed by atoms with Crippen LogP contribution in [0.25, 0.3) is 0 Å². The van der Waals surface area contributed by atoms with Gasteiger partial charge in [0.25, 0.3) is 0 Å². The minimum Gasteiger partial charge on any atom is -0.358 e. The van der Waals surface area contributed by atoms with Gasteiger partial charge in [0.05, 0.1) is 5.56 Å². The highest BCUT2D eigenvalue weighted by molar-refractivity contribution is 5.35. The van der Waals surface area contributed by atoms with Gasteiger partial charge in [0.1, 0.15) is 6.20 Å². The Hall–Kier alpha value is -1.49. The van der Waals surface area contributed by atoms with E-state index in [9.17, 15) is 10.1 Å². The summed E-state index contributed by atoms with van der Waals surface area (Å²) in [6.45, 7) is 0. The Labute approximate surface area is 106 Å². The van der Waals surface area contributed by atoms with Crippen LogP contribution in [0.15, 0.2) is 18.3 Å². The van der Waals surface area contributed by atoms with Crippen LogP contribution in [0.5, 0.6) is 0 Å². The summed E-state index contributed by atoms with van der Waals surface area (Å²) < 4.78 is 0. The lowest BCUT2D eigenvalue weighted by molar-refractivity contribution is -0.390. The third kappa shape index (κ3) is 2.10. The lowest BCUT2D eigenvalue weighted by Gasteiger charge is -2.43. The molecule has 0 aromatic carbocycles. The van der Waals surface area contributed by atoms with Crippen molar-refractivity contribution in [2.24, 2.45) is 11.8 Å². The fraction of sp³-hybridized carbons (Fsp3) is 0.615. The van der Waals surface area contributed by atoms with E-state index in [1.54, 1.807) is 0 Å². The maximum atomic E-state index is 11.0. The number of fused-ring (bicyclic) bond motifs is 1. The van der Waals surface area contributed by atoms with E-state index in [0.717, 1.165) is 30.2 Å². The number of aromatic nitrogens is 1. The molecule has 5 nitrogen and oxygen atoms in total. The molecular formula is C13H19N3O2. The number of hydrogen-bond donors (Lipinski definition) is 1. The van der Waals surface area contributed by atoms with Crippen LogP contribution in [0.4, 0.5) is 5.82 Å². The van der Waals surface area contributed by atoms with Gasteiger partial charge in [-0.2, -0.15) is 0 Å². The Morgan fingerprint density at radius 1 is 1.22 bits per heavy atom. The molecule has 0 aliphatic heterocycles. The molecule has 18 heavy (non-hydrogen) atoms. The molecule has 2 fully saturated rings. The molecule has 0 spiro atoms. The summed E-state index contributed by atoms with van der Waals surface area (Å²) in [5, 5.41) is 11.0. The second kappa shape index (κ2) is 5.02. The summed E-state index contributed by atoms with van der Waals surface area (Å²) >= 11 is 0. The molecular weight excluding hydrogens is 230 g/mol. The van der Waals surface area contributed by atoms with Gasteiger partial charge in [-0.1, -0.05) is 0 Å². The SMILES string of the molecule is N.O=[N+]([O-])c1ncccc1C1CCC2CCC2C1. The average Bonchev–Trinajstić information content (AvgIpc) is 2.31. The van der Waals surface area contributed by atoms with E-state index in [2.05, 4.69) is 4.98 Å². The molecule has 2 aliphatic carbocycles. The van der Waals surface area contributed by atoms with Crippen LogP contribution in [-0.4, -0.2) is 9.91 Å². The highest BCUT2D eigenvalue weighted by Gasteiger charge is 2.38. The maximum absolute atomic E-state index is 11.0. The van der Waals surface area contributed by atoms with Gasteiger partial charge < -0.3 is 16.3 Å². The van der Waals surface area contributed by atoms with Crippen LogP contribution < -0.4 is 6.15 Å². The van der Waals surface area contributed by atoms with Crippen molar-refractivity contribution in [3.05, 3.63) is 34.0 Å². The van der Waals surface area contributed by atoms with E-state index in [1.165, 1.54) is 25.5 Å². The first-order chi connectivity index (χ1) is 8.25. The van der Waals surface area contributed by atoms with Crippen LogP contribution >= 0.6 is 0 Å². The van der Waals surface area contributed by atoms with E-state index in [0.29, 0.717) is 5.92 Å². The average molecular weight is 249 g/mol. The zero-order chi connectivity index (χ0) is 11.8. The first kappa shape index (κ1) is 13.0. The van der Waals surface area contributed by atoms with Gasteiger partial charge in [-0.05, 0) is 71.9 Å². The fourth-order valence-electron chi connectivity index (χ4n) is 3.39. The van der Waals surface area contributed by atoms with Crippen LogP contribution in [-0.2, 0) is 0 Å². The standard InChI is InChI=1S/C13H16N2O2.H3N/c16-15(17)13-12(2-1-7-14-13)11-6-4-9-3-5-10(9)8-11;/h1-2,7,9-11H,3-6,8H2;1H3. The van der Waals surface area contributed by atoms with Gasteiger partial charge in [0.2, 0.25) is 0 Å². The predicted octanol–water partition coefficient (Wildman–Crippen LogP) is 3.45. The van der Waals surface area contributed by atoms with Gasteiger partial charge >= 0.3 is 5.82 Å². The van der Waals surface area contributed by atoms with Gasteiger partial charge in [-0.3, -0.25) is 0 Å². The number of pyridine rings is 1. The Bertz CT molecular complexity index is 450. The van der Waals surface area contributed by atoms with E-state index in [-0.39, 0.29) is 16.9 Å². The first-order valence-corrected chi connectivity index (χ1v) is 6.35. The summed E-state index contributed by atoms with van der Waals surface area (Å²) in [5.41, 5.74) is 0.850. The Balaban J connectivity index is 0.00000120. The lowest BCUT2D eigenvalue weighted by Crippen LogP contribution is -2.32. The number of rotatable bonds is 2. The van der Waals surface area contributed by atoms with Crippen molar-refractivity contribution in [3.8, 4) is 0 Å². The molecule has 0 amide bonds. The van der Waals surface area contributed by atoms with E-state index < -0.39 is 0 Å². The fourth-order valence-corrected chi connectivity index (χ4v) is 3.39. The van der Waals surface area contributed by atoms with Gasteiger partial charge in [0, 0.05) is 0 Å². The molecule has 3 N–H and O–H groups in total. The summed E-state index contributed by atoms with van der Waals surface area (Å²) in [6, 6.07) is 3.70. The van der Waals surface area contributed by atoms with E-state index in [1.807, 2.05) is 12.1 Å². The minimum absolute atomic E-state index is 0. The van der Waals surface area contributed by atoms with Crippen molar-refractivity contribution >= 4 is 5.82 Å². The van der Waals surface area contributed by atoms with E-state index >= 15 is 0 Å². The van der Waals surface area contributed by atoms with Crippen molar-refractivity contribution < 1.29 is 4.92 Å². The Morgan fingerprint density at radius 2 is 1.94 bits per heavy atom. The summed E-state index contributed by atoms with van der Waals surface area (Å²) in [6.07, 6.45) is 7.64. The quantitative estimate of drug-likeness (QED) is 0.642. The molecule has 1 aromatic heterocycles. The molecule has 1 heterocycles. The monoisotopic (exact) mass is 249 g/mol. The van der Waals surface area contributed by atoms with Gasteiger partial charge in [-0.15, -0.1) is 0 Å². The molecule has 0 saturated heterocycles. The number of nitrogens with zero attached hydrogens (tertiary/aromatic N) is 2. The number of nitro groups is 1. The van der Waals surface area contributed by atoms with E-state index in [4.69, 9.17) is 0 Å². The van der Waals surface area contributed by atoms with Crippen molar-refractivity contribution in [3.63, 3.8) is 0 Å². The molecule has 0 radical (unpaired) electrons. The second-order valence-electron chi connectivity index (χ2n) is 5.28. The highest BCUT2D eigenvalue weighted by atomic mass is 16.6. The number of hydrogen-bond acceptors (Lipinski definition) is 4. The van der Waals surface area contributed by atoms with Crippen LogP contribution in [0.3, 0.4) is 0 Å². The zero-order valence-electron chi connectivity index (χ0n) is 10.4. The molecule has 0 bridgehead atoms. The normalized spacial score (nSPS) is 29.7. The van der Waals surface area contributed by atoms with Crippen LogP contribution in [0, 0.1) is 22.0 Å². The zero-order valence-corrected chi connectivity index (χ0v) is 10.4. The first-order valence-electron chi connectivity index (χ1n) is 6.35. The Morgan fingerprint density at radius 3 is 2.56 bits per heavy atom. The Kier molecular flexibility index (Phi) is 3.61. The third-order valence-electron chi connectivity index (χ3n) is 4.48. The second-order valence-corrected chi connectivity index (χ2v) is 5.28. The van der Waals surface area contributed by atoms with Crippen LogP contribution in [0.1, 0.15) is 43.6 Å². The smallest absolute Gasteiger partial charge is 0.358 e. The van der Waals surface area contributed by atoms with Crippen LogP contribution in [0.2, 0.25) is 0 Å². The van der Waals surface area contributed by atoms with Crippen molar-refractivity contribution in [1.82, 2.24) is 11.1 Å². The molecule has 2 saturated carbocycles. The van der Waals surface area contributed by atoms with Crippen molar-refractivity contribution in [1.29, 1.82) is 0 Å². The largest absolute Gasteiger partial charge is 0.366 e. The lowest BCUT2D eigenvalue weighted by atomic mass is 9.62. The van der Waals surface area contributed by atoms with Crippen molar-refractivity contribution in [2.45, 2.75) is 38.0 Å². The highest BCUT2D eigenvalue weighted by Crippen LogP contribution is 2.50. The maximum Gasteiger partial charge on any atom is 0.366 e. The third-order valence-corrected chi connectivity index (χ3v) is 4.48. The molecule has 5 heteroatoms. The molecule has 98 valence electrons. The molecule has 3 atom stereocenters. The predicted molar refractivity (Wildman–Crippen MR) is 68.7 cm³/mol. The van der Waals surface area contributed by atoms with Gasteiger partial charge in [0.15, 0.2) is 0 Å². The van der Waals surface area contributed by atoms with Crippen molar-refractivity contribution in [2.75, 3.05) is 0 Å². The molecule has 3 unspecified atom stereocenters.